The van der Waals surface area contributed by atoms with E-state index in [-0.39, 0.29) is 5.91 Å². The van der Waals surface area contributed by atoms with Gasteiger partial charge in [0.2, 0.25) is 5.95 Å². The average Bonchev–Trinajstić information content (AvgIpc) is 2.63. The molecule has 0 aliphatic heterocycles. The lowest BCUT2D eigenvalue weighted by molar-refractivity contribution is 0.0945. The standard InChI is InChI=1S/C21H21ClN4O/c1-13-6-4-5-7-16(13)12-23-20(27)19-10-15(3)24-21(26-19)25-17-9-8-14(2)18(22)11-17/h4-11H,12H2,1-3H3,(H,23,27)(H,24,25,26). The highest BCUT2D eigenvalue weighted by atomic mass is 35.5. The average molecular weight is 381 g/mol. The lowest BCUT2D eigenvalue weighted by Crippen LogP contribution is -2.24. The number of amides is 1. The molecular formula is C21H21ClN4O. The van der Waals surface area contributed by atoms with Crippen molar-refractivity contribution in [2.45, 2.75) is 27.3 Å². The van der Waals surface area contributed by atoms with E-state index < -0.39 is 0 Å². The van der Waals surface area contributed by atoms with Gasteiger partial charge in [0, 0.05) is 22.9 Å². The Labute approximate surface area is 163 Å². The Morgan fingerprint density at radius 2 is 1.78 bits per heavy atom. The zero-order valence-corrected chi connectivity index (χ0v) is 16.3. The highest BCUT2D eigenvalue weighted by Crippen LogP contribution is 2.22. The van der Waals surface area contributed by atoms with E-state index in [1.54, 1.807) is 12.1 Å². The van der Waals surface area contributed by atoms with E-state index in [4.69, 9.17) is 11.6 Å². The molecule has 1 heterocycles. The monoisotopic (exact) mass is 380 g/mol. The zero-order valence-electron chi connectivity index (χ0n) is 15.5. The van der Waals surface area contributed by atoms with E-state index in [9.17, 15) is 4.79 Å². The molecule has 0 unspecified atom stereocenters. The van der Waals surface area contributed by atoms with Crippen LogP contribution in [0.3, 0.4) is 0 Å². The minimum absolute atomic E-state index is 0.242. The Bertz CT molecular complexity index is 988. The molecule has 0 aliphatic rings. The number of anilines is 2. The first-order valence-electron chi connectivity index (χ1n) is 8.64. The zero-order chi connectivity index (χ0) is 19.4. The van der Waals surface area contributed by atoms with E-state index in [0.717, 1.165) is 22.4 Å². The summed E-state index contributed by atoms with van der Waals surface area (Å²) < 4.78 is 0. The van der Waals surface area contributed by atoms with Crippen LogP contribution in [0.4, 0.5) is 11.6 Å². The number of rotatable bonds is 5. The SMILES string of the molecule is Cc1cc(C(=O)NCc2ccccc2C)nc(Nc2ccc(C)c(Cl)c2)n1. The molecule has 0 saturated heterocycles. The summed E-state index contributed by atoms with van der Waals surface area (Å²) in [6.45, 7) is 6.23. The molecule has 5 nitrogen and oxygen atoms in total. The van der Waals surface area contributed by atoms with Crippen molar-refractivity contribution in [3.63, 3.8) is 0 Å². The van der Waals surface area contributed by atoms with Crippen LogP contribution in [0.1, 0.15) is 32.9 Å². The molecule has 3 aromatic rings. The minimum atomic E-state index is -0.242. The maximum Gasteiger partial charge on any atom is 0.270 e. The molecule has 2 aromatic carbocycles. The fraction of sp³-hybridized carbons (Fsp3) is 0.190. The Morgan fingerprint density at radius 1 is 1.00 bits per heavy atom. The second-order valence-corrected chi connectivity index (χ2v) is 6.82. The van der Waals surface area contributed by atoms with Gasteiger partial charge in [0.15, 0.2) is 0 Å². The molecule has 0 aliphatic carbocycles. The normalized spacial score (nSPS) is 10.5. The van der Waals surface area contributed by atoms with Crippen molar-refractivity contribution < 1.29 is 4.79 Å². The molecule has 0 bridgehead atoms. The first-order chi connectivity index (χ1) is 12.9. The number of nitrogens with one attached hydrogen (secondary N) is 2. The molecule has 6 heteroatoms. The van der Waals surface area contributed by atoms with Gasteiger partial charge in [0.05, 0.1) is 0 Å². The van der Waals surface area contributed by atoms with Crippen LogP contribution in [0.5, 0.6) is 0 Å². The molecule has 27 heavy (non-hydrogen) atoms. The smallest absolute Gasteiger partial charge is 0.270 e. The molecule has 0 saturated carbocycles. The fourth-order valence-electron chi connectivity index (χ4n) is 2.61. The van der Waals surface area contributed by atoms with E-state index in [0.29, 0.717) is 28.9 Å². The van der Waals surface area contributed by atoms with Crippen molar-refractivity contribution in [2.24, 2.45) is 0 Å². The van der Waals surface area contributed by atoms with E-state index in [2.05, 4.69) is 20.6 Å². The molecule has 0 fully saturated rings. The van der Waals surface area contributed by atoms with Gasteiger partial charge in [-0.15, -0.1) is 0 Å². The van der Waals surface area contributed by atoms with Gasteiger partial charge in [-0.3, -0.25) is 4.79 Å². The van der Waals surface area contributed by atoms with Gasteiger partial charge in [-0.25, -0.2) is 9.97 Å². The van der Waals surface area contributed by atoms with E-state index in [1.807, 2.05) is 57.2 Å². The van der Waals surface area contributed by atoms with Crippen LogP contribution in [0.15, 0.2) is 48.5 Å². The number of aryl methyl sites for hydroxylation is 3. The number of benzene rings is 2. The van der Waals surface area contributed by atoms with Crippen LogP contribution < -0.4 is 10.6 Å². The molecule has 138 valence electrons. The summed E-state index contributed by atoms with van der Waals surface area (Å²) >= 11 is 6.16. The highest BCUT2D eigenvalue weighted by Gasteiger charge is 2.11. The van der Waals surface area contributed by atoms with Crippen molar-refractivity contribution in [3.05, 3.63) is 81.6 Å². The molecule has 0 radical (unpaired) electrons. The minimum Gasteiger partial charge on any atom is -0.347 e. The number of hydrogen-bond donors (Lipinski definition) is 2. The first-order valence-corrected chi connectivity index (χ1v) is 9.02. The van der Waals surface area contributed by atoms with Gasteiger partial charge in [-0.1, -0.05) is 41.9 Å². The third kappa shape index (κ3) is 4.83. The summed E-state index contributed by atoms with van der Waals surface area (Å²) in [5.74, 6) is 0.115. The third-order valence-electron chi connectivity index (χ3n) is 4.22. The van der Waals surface area contributed by atoms with Crippen LogP contribution in [-0.2, 0) is 6.54 Å². The van der Waals surface area contributed by atoms with Gasteiger partial charge in [0.1, 0.15) is 5.69 Å². The van der Waals surface area contributed by atoms with Crippen LogP contribution in [0.25, 0.3) is 0 Å². The summed E-state index contributed by atoms with van der Waals surface area (Å²) in [6, 6.07) is 15.2. The van der Waals surface area contributed by atoms with Crippen LogP contribution >= 0.6 is 11.6 Å². The van der Waals surface area contributed by atoms with Crippen LogP contribution in [0.2, 0.25) is 5.02 Å². The predicted molar refractivity (Wildman–Crippen MR) is 109 cm³/mol. The number of carbonyl (C=O) groups excluding carboxylic acids is 1. The molecular weight excluding hydrogens is 360 g/mol. The lowest BCUT2D eigenvalue weighted by Gasteiger charge is -2.10. The van der Waals surface area contributed by atoms with Crippen LogP contribution in [0, 0.1) is 20.8 Å². The van der Waals surface area contributed by atoms with Crippen molar-refractivity contribution >= 4 is 29.1 Å². The van der Waals surface area contributed by atoms with Gasteiger partial charge >= 0.3 is 0 Å². The molecule has 1 aromatic heterocycles. The highest BCUT2D eigenvalue weighted by molar-refractivity contribution is 6.31. The Hall–Kier alpha value is -2.92. The third-order valence-corrected chi connectivity index (χ3v) is 4.62. The maximum absolute atomic E-state index is 12.5. The Morgan fingerprint density at radius 3 is 2.52 bits per heavy atom. The number of halogens is 1. The Balaban J connectivity index is 1.75. The van der Waals surface area contributed by atoms with E-state index >= 15 is 0 Å². The number of aromatic nitrogens is 2. The Kier molecular flexibility index (Phi) is 5.72. The summed E-state index contributed by atoms with van der Waals surface area (Å²) in [6.07, 6.45) is 0. The van der Waals surface area contributed by atoms with Crippen molar-refractivity contribution in [1.29, 1.82) is 0 Å². The fourth-order valence-corrected chi connectivity index (χ4v) is 2.80. The molecule has 0 atom stereocenters. The van der Waals surface area contributed by atoms with Crippen LogP contribution in [-0.4, -0.2) is 15.9 Å². The van der Waals surface area contributed by atoms with Gasteiger partial charge in [-0.05, 0) is 55.7 Å². The van der Waals surface area contributed by atoms with Gasteiger partial charge < -0.3 is 10.6 Å². The number of nitrogens with zero attached hydrogens (tertiary/aromatic N) is 2. The lowest BCUT2D eigenvalue weighted by atomic mass is 10.1. The number of carbonyl (C=O) groups is 1. The largest absolute Gasteiger partial charge is 0.347 e. The molecule has 0 spiro atoms. The first kappa shape index (κ1) is 18.9. The molecule has 3 rings (SSSR count). The van der Waals surface area contributed by atoms with Crippen molar-refractivity contribution in [2.75, 3.05) is 5.32 Å². The maximum atomic E-state index is 12.5. The molecule has 2 N–H and O–H groups in total. The van der Waals surface area contributed by atoms with Crippen molar-refractivity contribution in [1.82, 2.24) is 15.3 Å². The second kappa shape index (κ2) is 8.18. The number of hydrogen-bond acceptors (Lipinski definition) is 4. The van der Waals surface area contributed by atoms with Gasteiger partial charge in [0.25, 0.3) is 5.91 Å². The summed E-state index contributed by atoms with van der Waals surface area (Å²) in [5.41, 5.74) is 4.98. The molecule has 1 amide bonds. The summed E-state index contributed by atoms with van der Waals surface area (Å²) in [7, 11) is 0. The quantitative estimate of drug-likeness (QED) is 0.671. The predicted octanol–water partition coefficient (Wildman–Crippen LogP) is 4.73. The summed E-state index contributed by atoms with van der Waals surface area (Å²) in [4.78, 5) is 21.2. The second-order valence-electron chi connectivity index (χ2n) is 6.42. The topological polar surface area (TPSA) is 66.9 Å². The summed E-state index contributed by atoms with van der Waals surface area (Å²) in [5, 5.41) is 6.67. The van der Waals surface area contributed by atoms with E-state index in [1.165, 1.54) is 0 Å². The van der Waals surface area contributed by atoms with Crippen molar-refractivity contribution in [3.8, 4) is 0 Å². The van der Waals surface area contributed by atoms with Gasteiger partial charge in [-0.2, -0.15) is 0 Å².